The lowest BCUT2D eigenvalue weighted by Gasteiger charge is -2.57. The van der Waals surface area contributed by atoms with Crippen LogP contribution in [-0.4, -0.2) is 134 Å². The van der Waals surface area contributed by atoms with Gasteiger partial charge in [-0.1, -0.05) is 146 Å². The van der Waals surface area contributed by atoms with Crippen LogP contribution in [0.15, 0.2) is 164 Å². The van der Waals surface area contributed by atoms with Crippen molar-refractivity contribution >= 4 is 23.9 Å². The molecule has 0 spiro atoms. The van der Waals surface area contributed by atoms with Gasteiger partial charge in [-0.15, -0.1) is 6.58 Å². The Balaban J connectivity index is 1.31. The van der Waals surface area contributed by atoms with Crippen molar-refractivity contribution in [3.63, 3.8) is 0 Å². The fourth-order valence-electron chi connectivity index (χ4n) is 10.1. The van der Waals surface area contributed by atoms with Crippen molar-refractivity contribution in [3.05, 3.63) is 192 Å². The van der Waals surface area contributed by atoms with Crippen LogP contribution in [0.3, 0.4) is 0 Å². The lowest BCUT2D eigenvalue weighted by atomic mass is 9.82. The molecule has 18 nitrogen and oxygen atoms in total. The van der Waals surface area contributed by atoms with Crippen LogP contribution in [0.2, 0.25) is 0 Å². The van der Waals surface area contributed by atoms with Crippen LogP contribution in [0.5, 0.6) is 0 Å². The molecule has 0 radical (unpaired) electrons. The van der Waals surface area contributed by atoms with Crippen molar-refractivity contribution in [2.45, 2.75) is 152 Å². The summed E-state index contributed by atoms with van der Waals surface area (Å²) in [4.78, 5) is 53.2. The number of hydrogen-bond acceptors (Lipinski definition) is 18. The summed E-state index contributed by atoms with van der Waals surface area (Å²) in [6, 6.07) is 46.3. The fourth-order valence-corrected chi connectivity index (χ4v) is 10.1. The highest BCUT2D eigenvalue weighted by Crippen LogP contribution is 2.46. The number of rotatable bonds is 24. The van der Waals surface area contributed by atoms with E-state index in [0.717, 1.165) is 43.0 Å². The summed E-state index contributed by atoms with van der Waals surface area (Å²) >= 11 is 0. The predicted molar refractivity (Wildman–Crippen MR) is 287 cm³/mol. The van der Waals surface area contributed by atoms with Crippen LogP contribution < -0.4 is 0 Å². The summed E-state index contributed by atoms with van der Waals surface area (Å²) in [5.74, 6) is -5.67. The molecule has 426 valence electrons. The molecule has 3 heterocycles. The van der Waals surface area contributed by atoms with Crippen LogP contribution in [0.25, 0.3) is 0 Å². The molecule has 0 aliphatic carbocycles. The number of aliphatic hydroxyl groups is 1. The standard InChI is InChI=1S/C62H70O18/c1-7-33-72-62(58(79-60(67)48-31-21-12-22-32-48)53(50(66)39(2)80-62)78-61-57(76-43(6)65)55(75-42(5)64)51(40(3)73-61)74-41(4)63)59-56(71-37-47-29-19-11-20-30-47)54(70-36-46-27-17-10-18-28-46)52(69-35-45-25-15-9-16-26-45)49(77-59)38-68-34-44-23-13-8-14-24-44/h7-32,39-40,49-59,61,66H,1,33-38H2,2-6H3/t39-,40-,49+,50-,51-,52+,53+,54-,55+,56+,57+,58+,59-,61-,62-/m0/s1. The summed E-state index contributed by atoms with van der Waals surface area (Å²) in [6.45, 7) is 10.5. The Morgan fingerprint density at radius 2 is 1.00 bits per heavy atom. The molecule has 18 heteroatoms. The van der Waals surface area contributed by atoms with Gasteiger partial charge in [-0.05, 0) is 48.2 Å². The van der Waals surface area contributed by atoms with Gasteiger partial charge in [-0.3, -0.25) is 14.4 Å². The summed E-state index contributed by atoms with van der Waals surface area (Å²) in [6.07, 6.45) is -18.2. The Morgan fingerprint density at radius 1 is 0.537 bits per heavy atom. The maximum absolute atomic E-state index is 14.9. The third-order valence-electron chi connectivity index (χ3n) is 13.8. The number of hydrogen-bond donors (Lipinski definition) is 1. The number of ether oxygens (including phenoxy) is 13. The van der Waals surface area contributed by atoms with E-state index >= 15 is 0 Å². The average Bonchev–Trinajstić information content (AvgIpc) is 3.47. The molecular formula is C62H70O18. The van der Waals surface area contributed by atoms with Gasteiger partial charge < -0.3 is 66.7 Å². The molecule has 5 aromatic carbocycles. The monoisotopic (exact) mass is 1100 g/mol. The van der Waals surface area contributed by atoms with Gasteiger partial charge in [0.05, 0.1) is 57.4 Å². The maximum atomic E-state index is 14.9. The van der Waals surface area contributed by atoms with Crippen molar-refractivity contribution in [3.8, 4) is 0 Å². The lowest BCUT2D eigenvalue weighted by molar-refractivity contribution is -0.428. The Kier molecular flexibility index (Phi) is 21.3. The first-order valence-corrected chi connectivity index (χ1v) is 26.7. The first-order valence-electron chi connectivity index (χ1n) is 26.7. The molecule has 3 fully saturated rings. The second-order valence-electron chi connectivity index (χ2n) is 19.7. The van der Waals surface area contributed by atoms with Gasteiger partial charge in [-0.25, -0.2) is 4.79 Å². The zero-order chi connectivity index (χ0) is 56.6. The first kappa shape index (κ1) is 59.4. The van der Waals surface area contributed by atoms with Gasteiger partial charge in [0.1, 0.15) is 42.7 Å². The predicted octanol–water partition coefficient (Wildman–Crippen LogP) is 7.56. The zero-order valence-corrected chi connectivity index (χ0v) is 45.4. The van der Waals surface area contributed by atoms with E-state index < -0.39 is 115 Å². The second-order valence-corrected chi connectivity index (χ2v) is 19.7. The Labute approximate surface area is 466 Å². The molecule has 3 aliphatic rings. The van der Waals surface area contributed by atoms with Gasteiger partial charge in [0.15, 0.2) is 30.7 Å². The molecule has 5 aromatic rings. The number of carbonyl (C=O) groups is 4. The smallest absolute Gasteiger partial charge is 0.338 e. The highest BCUT2D eigenvalue weighted by atomic mass is 16.8. The zero-order valence-electron chi connectivity index (χ0n) is 45.4. The highest BCUT2D eigenvalue weighted by molar-refractivity contribution is 5.89. The minimum atomic E-state index is -2.37. The molecule has 3 aliphatic heterocycles. The van der Waals surface area contributed by atoms with E-state index in [2.05, 4.69) is 6.58 Å². The van der Waals surface area contributed by atoms with Crippen molar-refractivity contribution in [1.82, 2.24) is 0 Å². The third kappa shape index (κ3) is 15.2. The first-order chi connectivity index (χ1) is 38.7. The molecule has 0 saturated carbocycles. The summed E-state index contributed by atoms with van der Waals surface area (Å²) in [7, 11) is 0. The molecule has 0 bridgehead atoms. The quantitative estimate of drug-likeness (QED) is 0.0359. The topological polar surface area (TPSA) is 208 Å². The average molecular weight is 1100 g/mol. The van der Waals surface area contributed by atoms with Crippen molar-refractivity contribution in [2.24, 2.45) is 0 Å². The van der Waals surface area contributed by atoms with Crippen LogP contribution in [0.4, 0.5) is 0 Å². The van der Waals surface area contributed by atoms with Gasteiger partial charge in [-0.2, -0.15) is 0 Å². The minimum Gasteiger partial charge on any atom is -0.456 e. The molecule has 0 unspecified atom stereocenters. The molecule has 0 amide bonds. The minimum absolute atomic E-state index is 0.0137. The van der Waals surface area contributed by atoms with E-state index in [9.17, 15) is 24.3 Å². The van der Waals surface area contributed by atoms with Gasteiger partial charge in [0.2, 0.25) is 5.79 Å². The molecular weight excluding hydrogens is 1030 g/mol. The number of carbonyl (C=O) groups excluding carboxylic acids is 4. The van der Waals surface area contributed by atoms with Crippen LogP contribution in [0.1, 0.15) is 67.2 Å². The maximum Gasteiger partial charge on any atom is 0.338 e. The highest BCUT2D eigenvalue weighted by Gasteiger charge is 2.68. The van der Waals surface area contributed by atoms with Gasteiger partial charge >= 0.3 is 23.9 Å². The summed E-state index contributed by atoms with van der Waals surface area (Å²) in [5.41, 5.74) is 3.46. The van der Waals surface area contributed by atoms with Gasteiger partial charge in [0.25, 0.3) is 0 Å². The number of benzene rings is 5. The molecule has 0 aromatic heterocycles. The van der Waals surface area contributed by atoms with E-state index in [4.69, 9.17) is 61.6 Å². The summed E-state index contributed by atoms with van der Waals surface area (Å²) < 4.78 is 86.2. The second kappa shape index (κ2) is 28.6. The molecule has 8 rings (SSSR count). The van der Waals surface area contributed by atoms with Crippen LogP contribution >= 0.6 is 0 Å². The Hall–Kier alpha value is -6.68. The molecule has 80 heavy (non-hydrogen) atoms. The van der Waals surface area contributed by atoms with Gasteiger partial charge in [0, 0.05) is 20.8 Å². The van der Waals surface area contributed by atoms with E-state index in [0.29, 0.717) is 0 Å². The van der Waals surface area contributed by atoms with Crippen molar-refractivity contribution < 1.29 is 85.9 Å². The van der Waals surface area contributed by atoms with E-state index in [-0.39, 0.29) is 45.2 Å². The van der Waals surface area contributed by atoms with E-state index in [1.54, 1.807) is 37.3 Å². The van der Waals surface area contributed by atoms with E-state index in [1.165, 1.54) is 13.0 Å². The SMILES string of the molecule is C=CCO[C@]1([C@H]2O[C@H](COCc3ccccc3)[C@@H](OCc3ccccc3)[C@H](OCc3ccccc3)[C@H]2OCc2ccccc2)O[C@@H](C)[C@H](O)[C@@H](O[C@@H]2O[C@@H](C)[C@H](OC(C)=O)[C@@H](OC(C)=O)[C@H]2OC(C)=O)[C@H]1OC(=O)c1ccccc1. The molecule has 15 atom stereocenters. The number of aliphatic hydroxyl groups excluding tert-OH is 1. The molecule has 3 saturated heterocycles. The molecule has 1 N–H and O–H groups in total. The normalized spacial score (nSPS) is 29.4. The van der Waals surface area contributed by atoms with E-state index in [1.807, 2.05) is 121 Å². The van der Waals surface area contributed by atoms with Crippen molar-refractivity contribution in [1.29, 1.82) is 0 Å². The fraction of sp³-hybridized carbons (Fsp3) is 0.419. The van der Waals surface area contributed by atoms with Crippen LogP contribution in [-0.2, 0) is 102 Å². The lowest BCUT2D eigenvalue weighted by Crippen LogP contribution is -2.77. The van der Waals surface area contributed by atoms with Crippen LogP contribution in [0, 0.1) is 0 Å². The van der Waals surface area contributed by atoms with Crippen molar-refractivity contribution in [2.75, 3.05) is 13.2 Å². The summed E-state index contributed by atoms with van der Waals surface area (Å²) in [5, 5.41) is 12.6. The number of esters is 4. The Morgan fingerprint density at radius 3 is 1.51 bits per heavy atom. The Bertz CT molecular complexity index is 2740. The third-order valence-corrected chi connectivity index (χ3v) is 13.8. The largest absolute Gasteiger partial charge is 0.456 e.